The van der Waals surface area contributed by atoms with Crippen LogP contribution < -0.4 is 4.74 Å². The highest BCUT2D eigenvalue weighted by molar-refractivity contribution is 7.80. The Morgan fingerprint density at radius 3 is 2.79 bits per heavy atom. The van der Waals surface area contributed by atoms with Crippen molar-refractivity contribution in [3.05, 3.63) is 51.7 Å². The van der Waals surface area contributed by atoms with Crippen molar-refractivity contribution in [1.82, 2.24) is 4.90 Å². The molecule has 0 spiro atoms. The monoisotopic (exact) mass is 371 g/mol. The first kappa shape index (κ1) is 16.8. The van der Waals surface area contributed by atoms with Gasteiger partial charge < -0.3 is 9.64 Å². The normalized spacial score (nSPS) is 17.6. The number of rotatable bonds is 4. The van der Waals surface area contributed by atoms with E-state index in [4.69, 9.17) is 17.0 Å². The third-order valence-electron chi connectivity index (χ3n) is 3.46. The number of azo groups is 1. The smallest absolute Gasteiger partial charge is 0.416 e. The van der Waals surface area contributed by atoms with Crippen LogP contribution in [0.3, 0.4) is 0 Å². The average Bonchev–Trinajstić information content (AvgIpc) is 3.12. The maximum Gasteiger partial charge on any atom is 0.416 e. The number of alkyl halides is 3. The van der Waals surface area contributed by atoms with Crippen LogP contribution in [-0.4, -0.2) is 17.1 Å². The molecule has 0 fully saturated rings. The standard InChI is InChI=1S/C15H12F3N3OS2/c1-21-13(19-20-14(21)23)12-11(5-6-24-12)22-8-9-3-2-4-10(7-9)15(16,17)18/h2-7,13H,8H2,1H3. The number of thiophene rings is 1. The summed E-state index contributed by atoms with van der Waals surface area (Å²) in [6, 6.07) is 6.85. The highest BCUT2D eigenvalue weighted by Crippen LogP contribution is 2.38. The molecular formula is C15H12F3N3OS2. The van der Waals surface area contributed by atoms with Gasteiger partial charge in [-0.1, -0.05) is 12.1 Å². The second-order valence-corrected chi connectivity index (χ2v) is 6.43. The van der Waals surface area contributed by atoms with Gasteiger partial charge in [0.05, 0.1) is 10.4 Å². The number of ether oxygens (including phenoxy) is 1. The quantitative estimate of drug-likeness (QED) is 0.708. The Bertz CT molecular complexity index is 788. The fourth-order valence-corrected chi connectivity index (χ4v) is 3.26. The van der Waals surface area contributed by atoms with Crippen molar-refractivity contribution in [3.8, 4) is 5.75 Å². The first-order valence-corrected chi connectivity index (χ1v) is 8.19. The second kappa shape index (κ2) is 6.48. The third-order valence-corrected chi connectivity index (χ3v) is 4.77. The summed E-state index contributed by atoms with van der Waals surface area (Å²) in [4.78, 5) is 2.55. The van der Waals surface area contributed by atoms with Gasteiger partial charge in [0.2, 0.25) is 5.11 Å². The number of hydrogen-bond donors (Lipinski definition) is 0. The lowest BCUT2D eigenvalue weighted by molar-refractivity contribution is -0.137. The molecule has 1 aromatic heterocycles. The zero-order chi connectivity index (χ0) is 17.3. The molecule has 0 aliphatic carbocycles. The first-order valence-electron chi connectivity index (χ1n) is 6.90. The minimum Gasteiger partial charge on any atom is -0.488 e. The van der Waals surface area contributed by atoms with Gasteiger partial charge in [-0.05, 0) is 41.4 Å². The van der Waals surface area contributed by atoms with Gasteiger partial charge in [0.1, 0.15) is 12.4 Å². The number of benzene rings is 1. The van der Waals surface area contributed by atoms with Gasteiger partial charge in [0.15, 0.2) is 6.17 Å². The van der Waals surface area contributed by atoms with Crippen LogP contribution in [0.15, 0.2) is 45.9 Å². The zero-order valence-electron chi connectivity index (χ0n) is 12.4. The van der Waals surface area contributed by atoms with Gasteiger partial charge in [-0.25, -0.2) is 0 Å². The van der Waals surface area contributed by atoms with Crippen molar-refractivity contribution in [3.63, 3.8) is 0 Å². The van der Waals surface area contributed by atoms with Crippen molar-refractivity contribution in [1.29, 1.82) is 0 Å². The van der Waals surface area contributed by atoms with Crippen molar-refractivity contribution >= 4 is 28.7 Å². The Morgan fingerprint density at radius 2 is 2.12 bits per heavy atom. The molecule has 1 aromatic carbocycles. The van der Waals surface area contributed by atoms with Gasteiger partial charge in [-0.3, -0.25) is 0 Å². The lowest BCUT2D eigenvalue weighted by atomic mass is 10.1. The number of thiocarbonyl (C=S) groups is 1. The SMILES string of the molecule is CN1C(=S)N=NC1c1sccc1OCc1cccc(C(F)(F)F)c1. The van der Waals surface area contributed by atoms with Crippen LogP contribution in [0.1, 0.15) is 22.2 Å². The molecule has 2 aromatic rings. The molecule has 1 atom stereocenters. The molecule has 0 N–H and O–H groups in total. The van der Waals surface area contributed by atoms with Crippen LogP contribution in [0.5, 0.6) is 5.75 Å². The highest BCUT2D eigenvalue weighted by Gasteiger charge is 2.31. The van der Waals surface area contributed by atoms with E-state index in [1.54, 1.807) is 24.1 Å². The molecule has 4 nitrogen and oxygen atoms in total. The van der Waals surface area contributed by atoms with E-state index in [1.165, 1.54) is 17.4 Å². The fourth-order valence-electron chi connectivity index (χ4n) is 2.20. The number of halogens is 3. The first-order chi connectivity index (χ1) is 11.4. The molecule has 1 unspecified atom stereocenters. The van der Waals surface area contributed by atoms with E-state index in [0.717, 1.165) is 17.0 Å². The molecular weight excluding hydrogens is 359 g/mol. The van der Waals surface area contributed by atoms with Crippen molar-refractivity contribution in [2.45, 2.75) is 18.9 Å². The van der Waals surface area contributed by atoms with E-state index in [-0.39, 0.29) is 12.8 Å². The molecule has 0 saturated heterocycles. The predicted molar refractivity (Wildman–Crippen MR) is 88.1 cm³/mol. The second-order valence-electron chi connectivity index (χ2n) is 5.12. The van der Waals surface area contributed by atoms with E-state index in [2.05, 4.69) is 10.2 Å². The zero-order valence-corrected chi connectivity index (χ0v) is 14.1. The number of hydrogen-bond acceptors (Lipinski definition) is 4. The molecule has 126 valence electrons. The van der Waals surface area contributed by atoms with Gasteiger partial charge in [-0.15, -0.1) is 16.5 Å². The summed E-state index contributed by atoms with van der Waals surface area (Å²) in [6.45, 7) is 0.0334. The predicted octanol–water partition coefficient (Wildman–Crippen LogP) is 5.03. The van der Waals surface area contributed by atoms with Crippen LogP contribution in [0.2, 0.25) is 0 Å². The molecule has 3 rings (SSSR count). The van der Waals surface area contributed by atoms with E-state index >= 15 is 0 Å². The minimum atomic E-state index is -4.37. The van der Waals surface area contributed by atoms with Gasteiger partial charge in [0.25, 0.3) is 0 Å². The van der Waals surface area contributed by atoms with Crippen LogP contribution in [0.25, 0.3) is 0 Å². The molecule has 1 aliphatic rings. The largest absolute Gasteiger partial charge is 0.488 e. The lowest BCUT2D eigenvalue weighted by Gasteiger charge is -2.18. The van der Waals surface area contributed by atoms with Crippen LogP contribution >= 0.6 is 23.6 Å². The molecule has 0 saturated carbocycles. The molecule has 0 amide bonds. The van der Waals surface area contributed by atoms with E-state index in [0.29, 0.717) is 16.4 Å². The summed E-state index contributed by atoms with van der Waals surface area (Å²) >= 11 is 6.48. The third kappa shape index (κ3) is 3.41. The summed E-state index contributed by atoms with van der Waals surface area (Å²) in [6.07, 6.45) is -4.72. The summed E-state index contributed by atoms with van der Waals surface area (Å²) in [7, 11) is 1.78. The van der Waals surface area contributed by atoms with Crippen LogP contribution in [0.4, 0.5) is 13.2 Å². The maximum absolute atomic E-state index is 12.8. The molecule has 0 bridgehead atoms. The Balaban J connectivity index is 1.74. The molecule has 24 heavy (non-hydrogen) atoms. The summed E-state index contributed by atoms with van der Waals surface area (Å²) in [5.74, 6) is 0.568. The Morgan fingerprint density at radius 1 is 1.33 bits per heavy atom. The van der Waals surface area contributed by atoms with Crippen LogP contribution in [-0.2, 0) is 12.8 Å². The Labute approximate surface area is 145 Å². The molecule has 2 heterocycles. The summed E-state index contributed by atoms with van der Waals surface area (Å²) in [5.41, 5.74) is -0.247. The van der Waals surface area contributed by atoms with E-state index in [1.807, 2.05) is 5.38 Å². The fraction of sp³-hybridized carbons (Fsp3) is 0.267. The Hall–Kier alpha value is -2.00. The lowest BCUT2D eigenvalue weighted by Crippen LogP contribution is -2.21. The minimum absolute atomic E-state index is 0.0334. The average molecular weight is 371 g/mol. The van der Waals surface area contributed by atoms with Crippen molar-refractivity contribution in [2.75, 3.05) is 7.05 Å². The highest BCUT2D eigenvalue weighted by atomic mass is 32.1. The van der Waals surface area contributed by atoms with Crippen molar-refractivity contribution < 1.29 is 17.9 Å². The van der Waals surface area contributed by atoms with Gasteiger partial charge in [0, 0.05) is 7.05 Å². The summed E-state index contributed by atoms with van der Waals surface area (Å²) in [5, 5.41) is 10.2. The Kier molecular flexibility index (Phi) is 4.55. The van der Waals surface area contributed by atoms with Gasteiger partial charge >= 0.3 is 6.18 Å². The molecule has 1 aliphatic heterocycles. The summed E-state index contributed by atoms with van der Waals surface area (Å²) < 4.78 is 43.9. The van der Waals surface area contributed by atoms with Crippen molar-refractivity contribution in [2.24, 2.45) is 10.2 Å². The number of nitrogens with zero attached hydrogens (tertiary/aromatic N) is 3. The molecule has 9 heteroatoms. The molecule has 0 radical (unpaired) electrons. The topological polar surface area (TPSA) is 37.2 Å². The maximum atomic E-state index is 12.8. The van der Waals surface area contributed by atoms with E-state index in [9.17, 15) is 13.2 Å². The van der Waals surface area contributed by atoms with Crippen LogP contribution in [0, 0.1) is 0 Å². The van der Waals surface area contributed by atoms with Gasteiger partial charge in [-0.2, -0.15) is 18.3 Å². The van der Waals surface area contributed by atoms with E-state index < -0.39 is 11.7 Å².